The number of rotatable bonds is 1. The summed E-state index contributed by atoms with van der Waals surface area (Å²) in [4.78, 5) is 12.5. The van der Waals surface area contributed by atoms with Gasteiger partial charge in [0.2, 0.25) is 5.91 Å². The molecule has 2 aliphatic rings. The third-order valence-electron chi connectivity index (χ3n) is 4.03. The second-order valence-electron chi connectivity index (χ2n) is 5.96. The Morgan fingerprint density at radius 2 is 2.21 bits per heavy atom. The molecule has 3 rings (SSSR count). The summed E-state index contributed by atoms with van der Waals surface area (Å²) in [5, 5.41) is 13.0. The van der Waals surface area contributed by atoms with Crippen LogP contribution in [-0.2, 0) is 4.79 Å². The SMILES string of the molecule is CC1(C)CN2CC[C@@H](c3cccc(C#N)c3)N2C1=O. The first-order valence-corrected chi connectivity index (χ1v) is 6.61. The molecular formula is C15H17N3O. The summed E-state index contributed by atoms with van der Waals surface area (Å²) in [5.74, 6) is 0.192. The van der Waals surface area contributed by atoms with Crippen LogP contribution in [0.1, 0.15) is 37.4 Å². The minimum atomic E-state index is -0.300. The Bertz CT molecular complexity index is 573. The minimum absolute atomic E-state index is 0.0857. The van der Waals surface area contributed by atoms with Gasteiger partial charge < -0.3 is 0 Å². The summed E-state index contributed by atoms with van der Waals surface area (Å²) in [6, 6.07) is 9.84. The highest BCUT2D eigenvalue weighted by atomic mass is 16.2. The Morgan fingerprint density at radius 3 is 2.95 bits per heavy atom. The van der Waals surface area contributed by atoms with E-state index in [1.807, 2.05) is 37.1 Å². The molecule has 1 amide bonds. The first-order chi connectivity index (χ1) is 9.03. The molecule has 0 spiro atoms. The third-order valence-corrected chi connectivity index (χ3v) is 4.03. The highest BCUT2D eigenvalue weighted by Gasteiger charge is 2.50. The zero-order valence-electron chi connectivity index (χ0n) is 11.3. The van der Waals surface area contributed by atoms with Crippen LogP contribution in [0.3, 0.4) is 0 Å². The highest BCUT2D eigenvalue weighted by Crippen LogP contribution is 2.42. The van der Waals surface area contributed by atoms with Crippen LogP contribution in [0.2, 0.25) is 0 Å². The lowest BCUT2D eigenvalue weighted by molar-refractivity contribution is -0.142. The molecule has 4 heteroatoms. The Labute approximate surface area is 113 Å². The molecule has 2 heterocycles. The number of fused-ring (bicyclic) bond motifs is 1. The summed E-state index contributed by atoms with van der Waals surface area (Å²) >= 11 is 0. The van der Waals surface area contributed by atoms with Crippen molar-refractivity contribution in [1.82, 2.24) is 10.0 Å². The molecule has 0 aliphatic carbocycles. The molecule has 1 aromatic rings. The molecule has 2 saturated heterocycles. The lowest BCUT2D eigenvalue weighted by Gasteiger charge is -2.26. The Hall–Kier alpha value is -1.86. The van der Waals surface area contributed by atoms with E-state index in [4.69, 9.17) is 5.26 Å². The molecule has 1 atom stereocenters. The Balaban J connectivity index is 1.95. The molecule has 4 nitrogen and oxygen atoms in total. The molecule has 0 N–H and O–H groups in total. The van der Waals surface area contributed by atoms with Crippen LogP contribution < -0.4 is 0 Å². The van der Waals surface area contributed by atoms with E-state index in [9.17, 15) is 4.79 Å². The molecule has 0 saturated carbocycles. The molecule has 0 aromatic heterocycles. The molecular weight excluding hydrogens is 238 g/mol. The van der Waals surface area contributed by atoms with Crippen molar-refractivity contribution in [1.29, 1.82) is 5.26 Å². The van der Waals surface area contributed by atoms with Gasteiger partial charge in [0, 0.05) is 13.1 Å². The fourth-order valence-electron chi connectivity index (χ4n) is 3.08. The Morgan fingerprint density at radius 1 is 1.42 bits per heavy atom. The number of hydrogen-bond acceptors (Lipinski definition) is 3. The van der Waals surface area contributed by atoms with Crippen LogP contribution in [0, 0.1) is 16.7 Å². The van der Waals surface area contributed by atoms with E-state index in [0.29, 0.717) is 5.56 Å². The maximum atomic E-state index is 12.5. The van der Waals surface area contributed by atoms with Crippen LogP contribution in [0.15, 0.2) is 24.3 Å². The second kappa shape index (κ2) is 4.07. The normalized spacial score (nSPS) is 25.4. The van der Waals surface area contributed by atoms with Gasteiger partial charge in [0.25, 0.3) is 0 Å². The first-order valence-electron chi connectivity index (χ1n) is 6.61. The van der Waals surface area contributed by atoms with Crippen molar-refractivity contribution < 1.29 is 4.79 Å². The first kappa shape index (κ1) is 12.2. The molecule has 2 aliphatic heterocycles. The fourth-order valence-corrected chi connectivity index (χ4v) is 3.08. The molecule has 0 radical (unpaired) electrons. The van der Waals surface area contributed by atoms with Crippen LogP contribution >= 0.6 is 0 Å². The monoisotopic (exact) mass is 255 g/mol. The van der Waals surface area contributed by atoms with Gasteiger partial charge in [-0.05, 0) is 38.0 Å². The van der Waals surface area contributed by atoms with Gasteiger partial charge in [-0.25, -0.2) is 5.01 Å². The van der Waals surface area contributed by atoms with Gasteiger partial charge in [-0.2, -0.15) is 5.26 Å². The quantitative estimate of drug-likeness (QED) is 0.772. The van der Waals surface area contributed by atoms with Crippen LogP contribution in [0.5, 0.6) is 0 Å². The average molecular weight is 255 g/mol. The number of benzene rings is 1. The minimum Gasteiger partial charge on any atom is -0.273 e. The van der Waals surface area contributed by atoms with E-state index >= 15 is 0 Å². The topological polar surface area (TPSA) is 47.3 Å². The lowest BCUT2D eigenvalue weighted by atomic mass is 9.92. The molecule has 98 valence electrons. The number of hydrazine groups is 1. The lowest BCUT2D eigenvalue weighted by Crippen LogP contribution is -2.35. The third kappa shape index (κ3) is 1.82. The number of nitriles is 1. The van der Waals surface area contributed by atoms with E-state index in [1.54, 1.807) is 6.07 Å². The van der Waals surface area contributed by atoms with E-state index in [1.165, 1.54) is 0 Å². The maximum absolute atomic E-state index is 12.5. The highest BCUT2D eigenvalue weighted by molar-refractivity contribution is 5.84. The van der Waals surface area contributed by atoms with Gasteiger partial charge in [-0.1, -0.05) is 12.1 Å². The summed E-state index contributed by atoms with van der Waals surface area (Å²) in [6.45, 7) is 5.70. The molecule has 2 fully saturated rings. The molecule has 0 unspecified atom stereocenters. The zero-order chi connectivity index (χ0) is 13.6. The number of hydrogen-bond donors (Lipinski definition) is 0. The fraction of sp³-hybridized carbons (Fsp3) is 0.467. The smallest absolute Gasteiger partial charge is 0.244 e. The summed E-state index contributed by atoms with van der Waals surface area (Å²) in [7, 11) is 0. The van der Waals surface area contributed by atoms with Crippen LogP contribution in [0.4, 0.5) is 0 Å². The summed E-state index contributed by atoms with van der Waals surface area (Å²) in [6.07, 6.45) is 0.941. The van der Waals surface area contributed by atoms with Crippen molar-refractivity contribution in [3.63, 3.8) is 0 Å². The molecule has 0 bridgehead atoms. The zero-order valence-corrected chi connectivity index (χ0v) is 11.3. The van der Waals surface area contributed by atoms with Crippen molar-refractivity contribution >= 4 is 5.91 Å². The number of amides is 1. The van der Waals surface area contributed by atoms with E-state index < -0.39 is 0 Å². The van der Waals surface area contributed by atoms with Gasteiger partial charge in [0.1, 0.15) is 0 Å². The largest absolute Gasteiger partial charge is 0.273 e. The van der Waals surface area contributed by atoms with Crippen molar-refractivity contribution in [3.05, 3.63) is 35.4 Å². The molecule has 1 aromatic carbocycles. The van der Waals surface area contributed by atoms with Gasteiger partial charge in [0.05, 0.1) is 23.1 Å². The van der Waals surface area contributed by atoms with E-state index in [0.717, 1.165) is 25.1 Å². The van der Waals surface area contributed by atoms with E-state index in [2.05, 4.69) is 11.1 Å². The van der Waals surface area contributed by atoms with Gasteiger partial charge in [-0.3, -0.25) is 9.80 Å². The standard InChI is InChI=1S/C15H17N3O/c1-15(2)10-17-7-6-13(18(17)14(15)19)12-5-3-4-11(8-12)9-16/h3-5,8,13H,6-7,10H2,1-2H3/t13-/m0/s1. The molecule has 19 heavy (non-hydrogen) atoms. The summed E-state index contributed by atoms with van der Waals surface area (Å²) in [5.41, 5.74) is 1.42. The average Bonchev–Trinajstić information content (AvgIpc) is 2.89. The van der Waals surface area contributed by atoms with E-state index in [-0.39, 0.29) is 17.4 Å². The maximum Gasteiger partial charge on any atom is 0.244 e. The Kier molecular flexibility index (Phi) is 2.61. The van der Waals surface area contributed by atoms with Crippen molar-refractivity contribution in [2.24, 2.45) is 5.41 Å². The summed E-state index contributed by atoms with van der Waals surface area (Å²) < 4.78 is 0. The van der Waals surface area contributed by atoms with Crippen molar-refractivity contribution in [2.45, 2.75) is 26.3 Å². The predicted octanol–water partition coefficient (Wildman–Crippen LogP) is 2.09. The van der Waals surface area contributed by atoms with Crippen molar-refractivity contribution in [3.8, 4) is 6.07 Å². The van der Waals surface area contributed by atoms with Crippen LogP contribution in [-0.4, -0.2) is 29.0 Å². The van der Waals surface area contributed by atoms with Gasteiger partial charge in [0.15, 0.2) is 0 Å². The van der Waals surface area contributed by atoms with Crippen LogP contribution in [0.25, 0.3) is 0 Å². The number of carbonyl (C=O) groups is 1. The van der Waals surface area contributed by atoms with Crippen molar-refractivity contribution in [2.75, 3.05) is 13.1 Å². The number of nitrogens with zero attached hydrogens (tertiary/aromatic N) is 3. The van der Waals surface area contributed by atoms with Gasteiger partial charge >= 0.3 is 0 Å². The van der Waals surface area contributed by atoms with Gasteiger partial charge in [-0.15, -0.1) is 0 Å². The second-order valence-corrected chi connectivity index (χ2v) is 5.96. The number of carbonyl (C=O) groups excluding carboxylic acids is 1. The predicted molar refractivity (Wildman–Crippen MR) is 70.7 cm³/mol.